The molecule has 2 heterocycles. The van der Waals surface area contributed by atoms with E-state index in [1.807, 2.05) is 17.0 Å². The second-order valence-electron chi connectivity index (χ2n) is 8.91. The van der Waals surface area contributed by atoms with Gasteiger partial charge in [-0.25, -0.2) is 0 Å². The van der Waals surface area contributed by atoms with Gasteiger partial charge in [-0.1, -0.05) is 48.0 Å². The van der Waals surface area contributed by atoms with Crippen LogP contribution < -0.4 is 5.32 Å². The van der Waals surface area contributed by atoms with Crippen LogP contribution in [0.1, 0.15) is 53.1 Å². The smallest absolute Gasteiger partial charge is 0.244 e. The third kappa shape index (κ3) is 4.99. The van der Waals surface area contributed by atoms with Gasteiger partial charge in [-0.3, -0.25) is 14.5 Å². The molecule has 0 aliphatic carbocycles. The first-order valence-corrected chi connectivity index (χ1v) is 11.5. The molecule has 0 spiro atoms. The van der Waals surface area contributed by atoms with Crippen LogP contribution in [-0.2, 0) is 22.6 Å². The third-order valence-electron chi connectivity index (χ3n) is 6.61. The standard InChI is InChI=1S/C26H33N3O2/c1-19-10-11-20(2)22(16-19)17-27-24(30)18-29-15-12-21-8-4-5-9-23(21)25(29)26(31)28-13-6-3-7-14-28/h4-5,8-11,16,25H,3,6-7,12-15,17-18H2,1-2H3,(H,27,30)/t25-/m1/s1. The highest BCUT2D eigenvalue weighted by Crippen LogP contribution is 2.32. The number of rotatable bonds is 5. The molecule has 2 aromatic rings. The van der Waals surface area contributed by atoms with Crippen molar-refractivity contribution in [1.29, 1.82) is 0 Å². The van der Waals surface area contributed by atoms with E-state index in [1.54, 1.807) is 0 Å². The Morgan fingerprint density at radius 2 is 1.77 bits per heavy atom. The lowest BCUT2D eigenvalue weighted by Crippen LogP contribution is -2.50. The molecule has 2 amide bonds. The largest absolute Gasteiger partial charge is 0.351 e. The van der Waals surface area contributed by atoms with Crippen LogP contribution in [0.25, 0.3) is 0 Å². The van der Waals surface area contributed by atoms with Crippen molar-refractivity contribution >= 4 is 11.8 Å². The zero-order chi connectivity index (χ0) is 21.8. The minimum Gasteiger partial charge on any atom is -0.351 e. The van der Waals surface area contributed by atoms with Gasteiger partial charge in [-0.2, -0.15) is 0 Å². The monoisotopic (exact) mass is 419 g/mol. The summed E-state index contributed by atoms with van der Waals surface area (Å²) in [5.74, 6) is 0.117. The molecule has 2 aliphatic heterocycles. The first kappa shape index (κ1) is 21.6. The molecule has 4 rings (SSSR count). The molecule has 1 N–H and O–H groups in total. The van der Waals surface area contributed by atoms with Gasteiger partial charge in [0.25, 0.3) is 0 Å². The number of nitrogens with one attached hydrogen (secondary N) is 1. The number of fused-ring (bicyclic) bond motifs is 1. The lowest BCUT2D eigenvalue weighted by atomic mass is 9.91. The van der Waals surface area contributed by atoms with Crippen molar-refractivity contribution < 1.29 is 9.59 Å². The SMILES string of the molecule is Cc1ccc(C)c(CNC(=O)CN2CCc3ccccc3[C@@H]2C(=O)N2CCCCC2)c1. The summed E-state index contributed by atoms with van der Waals surface area (Å²) >= 11 is 0. The molecule has 0 bridgehead atoms. The number of benzene rings is 2. The van der Waals surface area contributed by atoms with E-state index in [0.717, 1.165) is 50.0 Å². The maximum absolute atomic E-state index is 13.5. The fraction of sp³-hybridized carbons (Fsp3) is 0.462. The molecule has 0 saturated carbocycles. The Bertz CT molecular complexity index is 949. The van der Waals surface area contributed by atoms with E-state index in [9.17, 15) is 9.59 Å². The van der Waals surface area contributed by atoms with E-state index >= 15 is 0 Å². The van der Waals surface area contributed by atoms with Crippen molar-refractivity contribution in [3.8, 4) is 0 Å². The van der Waals surface area contributed by atoms with Crippen LogP contribution in [-0.4, -0.2) is 47.8 Å². The molecular weight excluding hydrogens is 386 g/mol. The van der Waals surface area contributed by atoms with E-state index in [2.05, 4.69) is 54.4 Å². The van der Waals surface area contributed by atoms with E-state index in [-0.39, 0.29) is 24.4 Å². The van der Waals surface area contributed by atoms with Crippen molar-refractivity contribution in [3.05, 3.63) is 70.3 Å². The number of carbonyl (C=O) groups excluding carboxylic acids is 2. The number of piperidine rings is 1. The fourth-order valence-electron chi connectivity index (χ4n) is 4.79. The molecule has 0 unspecified atom stereocenters. The van der Waals surface area contributed by atoms with Gasteiger partial charge in [0, 0.05) is 26.2 Å². The van der Waals surface area contributed by atoms with Gasteiger partial charge in [0.15, 0.2) is 0 Å². The predicted molar refractivity (Wildman–Crippen MR) is 123 cm³/mol. The lowest BCUT2D eigenvalue weighted by Gasteiger charge is -2.39. The first-order valence-electron chi connectivity index (χ1n) is 11.5. The fourth-order valence-corrected chi connectivity index (χ4v) is 4.79. The molecule has 0 radical (unpaired) electrons. The Morgan fingerprint density at radius 3 is 2.58 bits per heavy atom. The summed E-state index contributed by atoms with van der Waals surface area (Å²) in [4.78, 5) is 30.4. The zero-order valence-corrected chi connectivity index (χ0v) is 18.7. The van der Waals surface area contributed by atoms with Gasteiger partial charge < -0.3 is 10.2 Å². The summed E-state index contributed by atoms with van der Waals surface area (Å²) in [5.41, 5.74) is 5.79. The maximum Gasteiger partial charge on any atom is 0.244 e. The van der Waals surface area contributed by atoms with Crippen LogP contribution in [0.15, 0.2) is 42.5 Å². The lowest BCUT2D eigenvalue weighted by molar-refractivity contribution is -0.139. The summed E-state index contributed by atoms with van der Waals surface area (Å²) in [6.07, 6.45) is 4.19. The number of carbonyl (C=O) groups is 2. The average molecular weight is 420 g/mol. The number of hydrogen-bond donors (Lipinski definition) is 1. The van der Waals surface area contributed by atoms with Crippen LogP contribution in [0, 0.1) is 13.8 Å². The summed E-state index contributed by atoms with van der Waals surface area (Å²) < 4.78 is 0. The number of amides is 2. The van der Waals surface area contributed by atoms with E-state index in [0.29, 0.717) is 6.54 Å². The quantitative estimate of drug-likeness (QED) is 0.807. The second-order valence-corrected chi connectivity index (χ2v) is 8.91. The Hall–Kier alpha value is -2.66. The van der Waals surface area contributed by atoms with Crippen LogP contribution in [0.2, 0.25) is 0 Å². The Kier molecular flexibility index (Phi) is 6.71. The van der Waals surface area contributed by atoms with Crippen molar-refractivity contribution in [2.24, 2.45) is 0 Å². The highest BCUT2D eigenvalue weighted by Gasteiger charge is 2.36. The molecule has 2 aromatic carbocycles. The number of hydrogen-bond acceptors (Lipinski definition) is 3. The summed E-state index contributed by atoms with van der Waals surface area (Å²) in [6, 6.07) is 14.1. The highest BCUT2D eigenvalue weighted by atomic mass is 16.2. The van der Waals surface area contributed by atoms with Crippen molar-refractivity contribution in [3.63, 3.8) is 0 Å². The van der Waals surface area contributed by atoms with Gasteiger partial charge in [0.05, 0.1) is 6.54 Å². The van der Waals surface area contributed by atoms with Crippen LogP contribution in [0.5, 0.6) is 0 Å². The zero-order valence-electron chi connectivity index (χ0n) is 18.7. The number of likely N-dealkylation sites (tertiary alicyclic amines) is 1. The normalized spacial score (nSPS) is 19.0. The molecule has 1 fully saturated rings. The predicted octanol–water partition coefficient (Wildman–Crippen LogP) is 3.53. The molecule has 0 aromatic heterocycles. The first-order chi connectivity index (χ1) is 15.0. The second kappa shape index (κ2) is 9.65. The molecule has 164 valence electrons. The molecule has 5 nitrogen and oxygen atoms in total. The minimum atomic E-state index is -0.366. The Labute approximate surface area is 185 Å². The van der Waals surface area contributed by atoms with E-state index < -0.39 is 0 Å². The van der Waals surface area contributed by atoms with Gasteiger partial charge >= 0.3 is 0 Å². The van der Waals surface area contributed by atoms with Crippen LogP contribution in [0.3, 0.4) is 0 Å². The van der Waals surface area contributed by atoms with Crippen molar-refractivity contribution in [2.45, 2.75) is 52.1 Å². The van der Waals surface area contributed by atoms with Crippen molar-refractivity contribution in [1.82, 2.24) is 15.1 Å². The minimum absolute atomic E-state index is 0.0308. The van der Waals surface area contributed by atoms with Gasteiger partial charge in [-0.05, 0) is 61.8 Å². The highest BCUT2D eigenvalue weighted by molar-refractivity contribution is 5.85. The van der Waals surface area contributed by atoms with E-state index in [4.69, 9.17) is 0 Å². The summed E-state index contributed by atoms with van der Waals surface area (Å²) in [6.45, 7) is 7.25. The molecule has 1 saturated heterocycles. The Balaban J connectivity index is 1.48. The van der Waals surface area contributed by atoms with Crippen LogP contribution >= 0.6 is 0 Å². The van der Waals surface area contributed by atoms with Crippen molar-refractivity contribution in [2.75, 3.05) is 26.2 Å². The number of nitrogens with zero attached hydrogens (tertiary/aromatic N) is 2. The average Bonchev–Trinajstić information content (AvgIpc) is 2.79. The van der Waals surface area contributed by atoms with Crippen LogP contribution in [0.4, 0.5) is 0 Å². The topological polar surface area (TPSA) is 52.7 Å². The van der Waals surface area contributed by atoms with Gasteiger partial charge in [0.1, 0.15) is 6.04 Å². The van der Waals surface area contributed by atoms with Gasteiger partial charge in [-0.15, -0.1) is 0 Å². The third-order valence-corrected chi connectivity index (χ3v) is 6.61. The van der Waals surface area contributed by atoms with E-state index in [1.165, 1.54) is 23.1 Å². The molecule has 2 aliphatic rings. The Morgan fingerprint density at radius 1 is 1.00 bits per heavy atom. The molecular formula is C26H33N3O2. The molecule has 1 atom stereocenters. The molecule has 5 heteroatoms. The van der Waals surface area contributed by atoms with Gasteiger partial charge in [0.2, 0.25) is 11.8 Å². The molecule has 31 heavy (non-hydrogen) atoms. The summed E-state index contributed by atoms with van der Waals surface area (Å²) in [5, 5.41) is 3.07. The summed E-state index contributed by atoms with van der Waals surface area (Å²) in [7, 11) is 0. The number of aryl methyl sites for hydroxylation is 2. The maximum atomic E-state index is 13.5.